The maximum absolute atomic E-state index is 12.2. The third-order valence-electron chi connectivity index (χ3n) is 4.78. The van der Waals surface area contributed by atoms with Gasteiger partial charge in [0, 0.05) is 5.92 Å². The molecule has 1 N–H and O–H groups in total. The van der Waals surface area contributed by atoms with Crippen molar-refractivity contribution in [1.29, 1.82) is 0 Å². The molecule has 2 aliphatic rings. The van der Waals surface area contributed by atoms with Gasteiger partial charge in [0.05, 0.1) is 19.1 Å². The van der Waals surface area contributed by atoms with Crippen LogP contribution >= 0.6 is 0 Å². The zero-order valence-electron chi connectivity index (χ0n) is 11.7. The Kier molecular flexibility index (Phi) is 2.66. The lowest BCUT2D eigenvalue weighted by Crippen LogP contribution is -2.30. The molecule has 2 aromatic carbocycles. The third kappa shape index (κ3) is 1.61. The Morgan fingerprint density at radius 3 is 2.62 bits per heavy atom. The van der Waals surface area contributed by atoms with Gasteiger partial charge in [-0.15, -0.1) is 0 Å². The molecule has 0 fully saturated rings. The topological polar surface area (TPSA) is 46.5 Å². The molecule has 0 bridgehead atoms. The van der Waals surface area contributed by atoms with Crippen molar-refractivity contribution < 1.29 is 14.6 Å². The van der Waals surface area contributed by atoms with E-state index in [1.54, 1.807) is 0 Å². The van der Waals surface area contributed by atoms with E-state index in [1.165, 1.54) is 18.2 Å². The molecular weight excluding hydrogens is 264 g/mol. The van der Waals surface area contributed by atoms with E-state index >= 15 is 0 Å². The number of hydrogen-bond acceptors (Lipinski definition) is 3. The maximum Gasteiger partial charge on any atom is 0.309 e. The minimum atomic E-state index is -0.602. The van der Waals surface area contributed by atoms with Crippen LogP contribution in [0.2, 0.25) is 0 Å². The lowest BCUT2D eigenvalue weighted by atomic mass is 9.73. The molecule has 0 spiro atoms. The third-order valence-corrected chi connectivity index (χ3v) is 4.78. The molecule has 3 unspecified atom stereocenters. The van der Waals surface area contributed by atoms with Crippen LogP contribution in [0.15, 0.2) is 42.5 Å². The number of fused-ring (bicyclic) bond motifs is 3. The molecule has 0 aliphatic heterocycles. The molecule has 4 rings (SSSR count). The summed E-state index contributed by atoms with van der Waals surface area (Å²) in [6.07, 6.45) is -0.183. The number of benzene rings is 2. The van der Waals surface area contributed by atoms with Crippen molar-refractivity contribution in [3.8, 4) is 11.1 Å². The van der Waals surface area contributed by atoms with Crippen LogP contribution in [0.5, 0.6) is 0 Å². The number of methoxy groups -OCH3 is 1. The van der Waals surface area contributed by atoms with Gasteiger partial charge in [0.2, 0.25) is 0 Å². The fraction of sp³-hybridized carbons (Fsp3) is 0.278. The maximum atomic E-state index is 12.2. The molecule has 3 nitrogen and oxygen atoms in total. The number of carbonyl (C=O) groups excluding carboxylic acids is 1. The fourth-order valence-corrected chi connectivity index (χ4v) is 3.93. The zero-order chi connectivity index (χ0) is 14.6. The van der Waals surface area contributed by atoms with E-state index in [9.17, 15) is 9.90 Å². The number of hydrogen-bond donors (Lipinski definition) is 1. The number of aliphatic hydroxyl groups is 1. The first kappa shape index (κ1) is 12.6. The Hall–Kier alpha value is -2.13. The number of esters is 1. The fourth-order valence-electron chi connectivity index (χ4n) is 3.93. The molecule has 0 amide bonds. The molecule has 21 heavy (non-hydrogen) atoms. The van der Waals surface area contributed by atoms with Crippen LogP contribution in [0, 0.1) is 5.92 Å². The summed E-state index contributed by atoms with van der Waals surface area (Å²) in [7, 11) is 1.41. The van der Waals surface area contributed by atoms with Crippen molar-refractivity contribution in [1.82, 2.24) is 0 Å². The summed E-state index contributed by atoms with van der Waals surface area (Å²) in [6.45, 7) is 0. The molecule has 2 aliphatic carbocycles. The van der Waals surface area contributed by atoms with E-state index in [0.29, 0.717) is 6.42 Å². The molecule has 106 valence electrons. The highest BCUT2D eigenvalue weighted by molar-refractivity contribution is 5.85. The van der Waals surface area contributed by atoms with Crippen LogP contribution in [-0.4, -0.2) is 18.2 Å². The van der Waals surface area contributed by atoms with Crippen molar-refractivity contribution >= 4 is 5.97 Å². The molecule has 0 heterocycles. The van der Waals surface area contributed by atoms with Crippen LogP contribution in [0.3, 0.4) is 0 Å². The zero-order valence-corrected chi connectivity index (χ0v) is 11.7. The average Bonchev–Trinajstić information content (AvgIpc) is 2.86. The van der Waals surface area contributed by atoms with Crippen LogP contribution < -0.4 is 0 Å². The van der Waals surface area contributed by atoms with Gasteiger partial charge in [0.15, 0.2) is 0 Å². The van der Waals surface area contributed by atoms with Crippen LogP contribution in [0.25, 0.3) is 11.1 Å². The minimum Gasteiger partial charge on any atom is -0.469 e. The van der Waals surface area contributed by atoms with Gasteiger partial charge in [0.25, 0.3) is 0 Å². The van der Waals surface area contributed by atoms with E-state index < -0.39 is 6.10 Å². The largest absolute Gasteiger partial charge is 0.469 e. The number of ether oxygens (including phenoxy) is 1. The quantitative estimate of drug-likeness (QED) is 0.817. The van der Waals surface area contributed by atoms with Crippen molar-refractivity contribution in [3.05, 3.63) is 59.2 Å². The highest BCUT2D eigenvalue weighted by atomic mass is 16.5. The lowest BCUT2D eigenvalue weighted by Gasteiger charge is -2.32. The van der Waals surface area contributed by atoms with Crippen LogP contribution in [-0.2, 0) is 9.53 Å². The molecule has 2 aromatic rings. The summed E-state index contributed by atoms with van der Waals surface area (Å²) >= 11 is 0. The average molecular weight is 280 g/mol. The summed E-state index contributed by atoms with van der Waals surface area (Å²) < 4.78 is 4.97. The van der Waals surface area contributed by atoms with Gasteiger partial charge in [-0.2, -0.15) is 0 Å². The predicted octanol–water partition coefficient (Wildman–Crippen LogP) is 3.03. The van der Waals surface area contributed by atoms with Crippen LogP contribution in [0.4, 0.5) is 0 Å². The van der Waals surface area contributed by atoms with Crippen molar-refractivity contribution in [2.24, 2.45) is 5.92 Å². The van der Waals surface area contributed by atoms with E-state index in [2.05, 4.69) is 18.2 Å². The molecule has 0 aromatic heterocycles. The minimum absolute atomic E-state index is 0.00301. The summed E-state index contributed by atoms with van der Waals surface area (Å²) in [5.41, 5.74) is 5.53. The monoisotopic (exact) mass is 280 g/mol. The molecule has 3 heteroatoms. The second-order valence-corrected chi connectivity index (χ2v) is 5.75. The summed E-state index contributed by atoms with van der Waals surface area (Å²) in [5.74, 6) is -0.554. The molecule has 3 atom stereocenters. The number of rotatable bonds is 1. The smallest absolute Gasteiger partial charge is 0.309 e. The highest BCUT2D eigenvalue weighted by Crippen LogP contribution is 2.55. The first-order chi connectivity index (χ1) is 10.2. The number of carbonyl (C=O) groups is 1. The number of aliphatic hydroxyl groups excluding tert-OH is 1. The molecule has 0 saturated heterocycles. The normalized spacial score (nSPS) is 25.1. The Labute approximate surface area is 123 Å². The summed E-state index contributed by atoms with van der Waals surface area (Å²) in [6, 6.07) is 14.2. The summed E-state index contributed by atoms with van der Waals surface area (Å²) in [4.78, 5) is 12.2. The second kappa shape index (κ2) is 4.43. The van der Waals surface area contributed by atoms with Crippen molar-refractivity contribution in [3.63, 3.8) is 0 Å². The predicted molar refractivity (Wildman–Crippen MR) is 78.8 cm³/mol. The molecule has 0 saturated carbocycles. The van der Waals surface area contributed by atoms with Crippen molar-refractivity contribution in [2.75, 3.05) is 7.11 Å². The Balaban J connectivity index is 2.00. The van der Waals surface area contributed by atoms with E-state index in [0.717, 1.165) is 16.7 Å². The van der Waals surface area contributed by atoms with Gasteiger partial charge >= 0.3 is 5.97 Å². The first-order valence-electron chi connectivity index (χ1n) is 7.20. The van der Waals surface area contributed by atoms with E-state index in [-0.39, 0.29) is 17.8 Å². The molecule has 0 radical (unpaired) electrons. The highest BCUT2D eigenvalue weighted by Gasteiger charge is 2.45. The Morgan fingerprint density at radius 2 is 1.81 bits per heavy atom. The van der Waals surface area contributed by atoms with E-state index in [4.69, 9.17) is 4.74 Å². The Morgan fingerprint density at radius 1 is 1.10 bits per heavy atom. The second-order valence-electron chi connectivity index (χ2n) is 5.75. The van der Waals surface area contributed by atoms with Gasteiger partial charge < -0.3 is 9.84 Å². The van der Waals surface area contributed by atoms with Gasteiger partial charge in [0.1, 0.15) is 0 Å². The SMILES string of the molecule is COC(=O)C1CC(O)c2cccc3c2C1c1ccccc1-3. The lowest BCUT2D eigenvalue weighted by molar-refractivity contribution is -0.147. The van der Waals surface area contributed by atoms with Gasteiger partial charge in [-0.1, -0.05) is 42.5 Å². The standard InChI is InChI=1S/C18H16O3/c1-21-18(20)14-9-15(19)13-8-4-7-12-10-5-2-3-6-11(10)17(14)16(12)13/h2-8,14-15,17,19H,9H2,1H3. The summed E-state index contributed by atoms with van der Waals surface area (Å²) in [5, 5.41) is 10.4. The molecular formula is C18H16O3. The first-order valence-corrected chi connectivity index (χ1v) is 7.20. The van der Waals surface area contributed by atoms with Gasteiger partial charge in [-0.25, -0.2) is 0 Å². The van der Waals surface area contributed by atoms with Gasteiger partial charge in [-0.3, -0.25) is 4.79 Å². The van der Waals surface area contributed by atoms with E-state index in [1.807, 2.05) is 24.3 Å². The van der Waals surface area contributed by atoms with Gasteiger partial charge in [-0.05, 0) is 34.2 Å². The van der Waals surface area contributed by atoms with Crippen LogP contribution in [0.1, 0.15) is 35.1 Å². The van der Waals surface area contributed by atoms with Crippen molar-refractivity contribution in [2.45, 2.75) is 18.4 Å². The Bertz CT molecular complexity index is 735.